The van der Waals surface area contributed by atoms with Crippen LogP contribution in [0.2, 0.25) is 5.02 Å². The molecule has 2 heterocycles. The minimum Gasteiger partial charge on any atom is -0.368 e. The number of hydrogen-bond donors (Lipinski definition) is 1. The zero-order valence-electron chi connectivity index (χ0n) is 15.4. The molecule has 0 unspecified atom stereocenters. The molecule has 0 radical (unpaired) electrons. The molecule has 1 saturated heterocycles. The van der Waals surface area contributed by atoms with Gasteiger partial charge in [-0.25, -0.2) is 9.37 Å². The number of nitrogens with zero attached hydrogens (tertiary/aromatic N) is 4. The van der Waals surface area contributed by atoms with Crippen LogP contribution in [-0.2, 0) is 6.54 Å². The van der Waals surface area contributed by atoms with Gasteiger partial charge in [-0.3, -0.25) is 0 Å². The Morgan fingerprint density at radius 2 is 1.75 bits per heavy atom. The van der Waals surface area contributed by atoms with Crippen molar-refractivity contribution in [2.24, 2.45) is 0 Å². The molecule has 0 aliphatic carbocycles. The maximum absolute atomic E-state index is 13.8. The molecule has 0 atom stereocenters. The molecule has 0 amide bonds. The first kappa shape index (κ1) is 18.5. The molecule has 28 heavy (non-hydrogen) atoms. The number of piperazine rings is 1. The SMILES string of the molecule is Fc1ccccc1CNc1nccc(N2CCN(c3cccc(Cl)c3)CC2)n1. The van der Waals surface area contributed by atoms with Crippen molar-refractivity contribution in [1.82, 2.24) is 9.97 Å². The summed E-state index contributed by atoms with van der Waals surface area (Å²) in [6.07, 6.45) is 1.73. The van der Waals surface area contributed by atoms with E-state index in [1.165, 1.54) is 6.07 Å². The third-order valence-electron chi connectivity index (χ3n) is 4.81. The fourth-order valence-corrected chi connectivity index (χ4v) is 3.48. The van der Waals surface area contributed by atoms with E-state index in [1.807, 2.05) is 30.3 Å². The zero-order chi connectivity index (χ0) is 19.3. The van der Waals surface area contributed by atoms with Gasteiger partial charge in [-0.1, -0.05) is 35.9 Å². The summed E-state index contributed by atoms with van der Waals surface area (Å²) >= 11 is 6.11. The number of nitrogens with one attached hydrogen (secondary N) is 1. The molecule has 0 bridgehead atoms. The molecule has 144 valence electrons. The van der Waals surface area contributed by atoms with Crippen molar-refractivity contribution in [2.75, 3.05) is 41.3 Å². The van der Waals surface area contributed by atoms with Crippen molar-refractivity contribution in [3.05, 3.63) is 77.2 Å². The van der Waals surface area contributed by atoms with Gasteiger partial charge in [0.05, 0.1) is 0 Å². The molecule has 1 aliphatic heterocycles. The fourth-order valence-electron chi connectivity index (χ4n) is 3.29. The Balaban J connectivity index is 1.38. The molecular formula is C21H21ClFN5. The maximum atomic E-state index is 13.8. The van der Waals surface area contributed by atoms with E-state index >= 15 is 0 Å². The normalized spacial score (nSPS) is 14.2. The van der Waals surface area contributed by atoms with Crippen LogP contribution >= 0.6 is 11.6 Å². The smallest absolute Gasteiger partial charge is 0.224 e. The van der Waals surface area contributed by atoms with Crippen molar-refractivity contribution in [1.29, 1.82) is 0 Å². The van der Waals surface area contributed by atoms with Crippen LogP contribution < -0.4 is 15.1 Å². The lowest BCUT2D eigenvalue weighted by molar-refractivity contribution is 0.612. The van der Waals surface area contributed by atoms with E-state index in [2.05, 4.69) is 31.2 Å². The van der Waals surface area contributed by atoms with Crippen LogP contribution in [0, 0.1) is 5.82 Å². The van der Waals surface area contributed by atoms with E-state index in [0.29, 0.717) is 18.1 Å². The Morgan fingerprint density at radius 3 is 2.54 bits per heavy atom. The third-order valence-corrected chi connectivity index (χ3v) is 5.05. The minimum atomic E-state index is -0.233. The summed E-state index contributed by atoms with van der Waals surface area (Å²) < 4.78 is 13.8. The lowest BCUT2D eigenvalue weighted by Crippen LogP contribution is -2.46. The molecule has 3 aromatic rings. The zero-order valence-corrected chi connectivity index (χ0v) is 16.1. The highest BCUT2D eigenvalue weighted by Gasteiger charge is 2.19. The Labute approximate surface area is 168 Å². The van der Waals surface area contributed by atoms with Crippen LogP contribution in [0.5, 0.6) is 0 Å². The Bertz CT molecular complexity index is 943. The average molecular weight is 398 g/mol. The number of aromatic nitrogens is 2. The van der Waals surface area contributed by atoms with E-state index in [1.54, 1.807) is 18.3 Å². The van der Waals surface area contributed by atoms with Crippen LogP contribution in [0.15, 0.2) is 60.8 Å². The molecule has 7 heteroatoms. The number of benzene rings is 2. The van der Waals surface area contributed by atoms with E-state index in [-0.39, 0.29) is 5.82 Å². The second-order valence-electron chi connectivity index (χ2n) is 6.64. The number of hydrogen-bond acceptors (Lipinski definition) is 5. The van der Waals surface area contributed by atoms with Gasteiger partial charge in [0.15, 0.2) is 0 Å². The fraction of sp³-hybridized carbons (Fsp3) is 0.238. The summed E-state index contributed by atoms with van der Waals surface area (Å²) in [7, 11) is 0. The van der Waals surface area contributed by atoms with Crippen LogP contribution in [0.1, 0.15) is 5.56 Å². The number of halogens is 2. The maximum Gasteiger partial charge on any atom is 0.224 e. The predicted octanol–water partition coefficient (Wildman–Crippen LogP) is 4.21. The van der Waals surface area contributed by atoms with Gasteiger partial charge in [0.1, 0.15) is 11.6 Å². The van der Waals surface area contributed by atoms with Gasteiger partial charge in [0.25, 0.3) is 0 Å². The summed E-state index contributed by atoms with van der Waals surface area (Å²) in [4.78, 5) is 13.4. The largest absolute Gasteiger partial charge is 0.368 e. The molecule has 4 rings (SSSR count). The molecule has 5 nitrogen and oxygen atoms in total. The van der Waals surface area contributed by atoms with Gasteiger partial charge in [0, 0.05) is 55.2 Å². The molecular weight excluding hydrogens is 377 g/mol. The summed E-state index contributed by atoms with van der Waals surface area (Å²) in [6.45, 7) is 3.84. The van der Waals surface area contributed by atoms with Crippen molar-refractivity contribution in [3.63, 3.8) is 0 Å². The lowest BCUT2D eigenvalue weighted by Gasteiger charge is -2.36. The molecule has 1 aromatic heterocycles. The van der Waals surface area contributed by atoms with E-state index < -0.39 is 0 Å². The highest BCUT2D eigenvalue weighted by atomic mass is 35.5. The molecule has 1 aliphatic rings. The van der Waals surface area contributed by atoms with Gasteiger partial charge in [-0.15, -0.1) is 0 Å². The highest BCUT2D eigenvalue weighted by molar-refractivity contribution is 6.30. The summed E-state index contributed by atoms with van der Waals surface area (Å²) in [6, 6.07) is 16.5. The summed E-state index contributed by atoms with van der Waals surface area (Å²) in [5.74, 6) is 1.14. The van der Waals surface area contributed by atoms with Crippen molar-refractivity contribution >= 4 is 29.1 Å². The quantitative estimate of drug-likeness (QED) is 0.698. The molecule has 2 aromatic carbocycles. The lowest BCUT2D eigenvalue weighted by atomic mass is 10.2. The van der Waals surface area contributed by atoms with E-state index in [9.17, 15) is 4.39 Å². The van der Waals surface area contributed by atoms with Gasteiger partial charge in [0.2, 0.25) is 5.95 Å². The summed E-state index contributed by atoms with van der Waals surface area (Å²) in [5, 5.41) is 3.86. The molecule has 0 spiro atoms. The number of anilines is 3. The van der Waals surface area contributed by atoms with Crippen LogP contribution in [0.25, 0.3) is 0 Å². The van der Waals surface area contributed by atoms with Crippen molar-refractivity contribution in [2.45, 2.75) is 6.54 Å². The highest BCUT2D eigenvalue weighted by Crippen LogP contribution is 2.22. The Hall–Kier alpha value is -2.86. The van der Waals surface area contributed by atoms with Crippen molar-refractivity contribution < 1.29 is 4.39 Å². The first-order valence-corrected chi connectivity index (χ1v) is 9.62. The van der Waals surface area contributed by atoms with Crippen LogP contribution in [0.4, 0.5) is 21.8 Å². The molecule has 1 fully saturated rings. The van der Waals surface area contributed by atoms with Gasteiger partial charge in [-0.05, 0) is 30.3 Å². The Morgan fingerprint density at radius 1 is 0.964 bits per heavy atom. The van der Waals surface area contributed by atoms with Crippen LogP contribution in [-0.4, -0.2) is 36.1 Å². The second kappa shape index (κ2) is 8.44. The number of rotatable bonds is 5. The first-order chi connectivity index (χ1) is 13.7. The van der Waals surface area contributed by atoms with Gasteiger partial charge in [-0.2, -0.15) is 4.98 Å². The predicted molar refractivity (Wildman–Crippen MR) is 112 cm³/mol. The van der Waals surface area contributed by atoms with Gasteiger partial charge < -0.3 is 15.1 Å². The minimum absolute atomic E-state index is 0.233. The first-order valence-electron chi connectivity index (χ1n) is 9.25. The van der Waals surface area contributed by atoms with E-state index in [0.717, 1.165) is 42.7 Å². The van der Waals surface area contributed by atoms with Crippen LogP contribution in [0.3, 0.4) is 0 Å². The molecule has 0 saturated carbocycles. The monoisotopic (exact) mass is 397 g/mol. The van der Waals surface area contributed by atoms with E-state index in [4.69, 9.17) is 11.6 Å². The Kier molecular flexibility index (Phi) is 5.58. The second-order valence-corrected chi connectivity index (χ2v) is 7.07. The average Bonchev–Trinajstić information content (AvgIpc) is 2.73. The third kappa shape index (κ3) is 4.34. The van der Waals surface area contributed by atoms with Gasteiger partial charge >= 0.3 is 0 Å². The van der Waals surface area contributed by atoms with Crippen molar-refractivity contribution in [3.8, 4) is 0 Å². The topological polar surface area (TPSA) is 44.3 Å². The molecule has 1 N–H and O–H groups in total. The summed E-state index contributed by atoms with van der Waals surface area (Å²) in [5.41, 5.74) is 1.73. The standard InChI is InChI=1S/C21H21ClFN5/c22-17-5-3-6-18(14-17)27-10-12-28(13-11-27)20-8-9-24-21(26-20)25-15-16-4-1-2-7-19(16)23/h1-9,14H,10-13,15H2,(H,24,25,26).